The lowest BCUT2D eigenvalue weighted by molar-refractivity contribution is 0.425. The SMILES string of the molecule is CCCCCCCCCCCCCCCCCCC1c2cc(Cl)ccc2-c2ccc(B(O)O)cc21. The number of fused-ring (bicyclic) bond motifs is 3. The molecule has 0 amide bonds. The second-order valence-corrected chi connectivity index (χ2v) is 11.0. The maximum absolute atomic E-state index is 9.66. The Bertz CT molecular complexity index is 882. The Kier molecular flexibility index (Phi) is 12.7. The molecule has 0 saturated heterocycles. The number of hydrogen-bond donors (Lipinski definition) is 2. The summed E-state index contributed by atoms with van der Waals surface area (Å²) < 4.78 is 0. The van der Waals surface area contributed by atoms with Crippen molar-refractivity contribution < 1.29 is 10.0 Å². The lowest BCUT2D eigenvalue weighted by atomic mass is 9.77. The fourth-order valence-electron chi connectivity index (χ4n) is 5.72. The molecule has 2 aromatic carbocycles. The molecule has 192 valence electrons. The van der Waals surface area contributed by atoms with Crippen LogP contribution >= 0.6 is 11.6 Å². The van der Waals surface area contributed by atoms with Gasteiger partial charge in [0.1, 0.15) is 0 Å². The summed E-state index contributed by atoms with van der Waals surface area (Å²) in [6.07, 6.45) is 23.2. The van der Waals surface area contributed by atoms with Crippen molar-refractivity contribution in [3.05, 3.63) is 52.5 Å². The van der Waals surface area contributed by atoms with Gasteiger partial charge < -0.3 is 10.0 Å². The van der Waals surface area contributed by atoms with E-state index in [9.17, 15) is 10.0 Å². The van der Waals surface area contributed by atoms with E-state index in [2.05, 4.69) is 19.1 Å². The highest BCUT2D eigenvalue weighted by molar-refractivity contribution is 6.58. The summed E-state index contributed by atoms with van der Waals surface area (Å²) in [5.41, 5.74) is 5.53. The van der Waals surface area contributed by atoms with Crippen LogP contribution in [0.15, 0.2) is 36.4 Å². The molecule has 1 atom stereocenters. The summed E-state index contributed by atoms with van der Waals surface area (Å²) in [5.74, 6) is 0.295. The van der Waals surface area contributed by atoms with Gasteiger partial charge in [0.05, 0.1) is 0 Å². The minimum Gasteiger partial charge on any atom is -0.423 e. The zero-order chi connectivity index (χ0) is 24.9. The molecule has 0 bridgehead atoms. The summed E-state index contributed by atoms with van der Waals surface area (Å²) in [7, 11) is -1.43. The van der Waals surface area contributed by atoms with Crippen LogP contribution in [0.3, 0.4) is 0 Å². The van der Waals surface area contributed by atoms with Crippen LogP contribution in [0.2, 0.25) is 5.02 Å². The lowest BCUT2D eigenvalue weighted by Gasteiger charge is -2.15. The number of hydrogen-bond acceptors (Lipinski definition) is 2. The van der Waals surface area contributed by atoms with Crippen LogP contribution in [0.1, 0.15) is 133 Å². The van der Waals surface area contributed by atoms with Gasteiger partial charge in [-0.3, -0.25) is 0 Å². The van der Waals surface area contributed by atoms with Crippen molar-refractivity contribution in [1.29, 1.82) is 0 Å². The van der Waals surface area contributed by atoms with Gasteiger partial charge in [0, 0.05) is 10.9 Å². The molecular weight excluding hydrogens is 451 g/mol. The first kappa shape index (κ1) is 28.3. The molecule has 2 nitrogen and oxygen atoms in total. The molecule has 4 heteroatoms. The topological polar surface area (TPSA) is 40.5 Å². The van der Waals surface area contributed by atoms with Gasteiger partial charge >= 0.3 is 7.12 Å². The van der Waals surface area contributed by atoms with Gasteiger partial charge in [-0.2, -0.15) is 0 Å². The van der Waals surface area contributed by atoms with Gasteiger partial charge in [-0.1, -0.05) is 146 Å². The van der Waals surface area contributed by atoms with Crippen LogP contribution in [0, 0.1) is 0 Å². The van der Waals surface area contributed by atoms with E-state index in [0.29, 0.717) is 11.4 Å². The third-order valence-corrected chi connectivity index (χ3v) is 8.01. The monoisotopic (exact) mass is 496 g/mol. The summed E-state index contributed by atoms with van der Waals surface area (Å²) in [5, 5.41) is 20.1. The van der Waals surface area contributed by atoms with Crippen molar-refractivity contribution in [1.82, 2.24) is 0 Å². The Hall–Kier alpha value is -1.29. The standard InChI is InChI=1S/C31H46BClO2/c1-2-3-4-5-6-7-8-9-10-11-12-13-14-15-16-17-18-27-30-23-25(32(34)35)19-21-28(30)29-22-20-26(33)24-31(27)29/h19-24,27,34-35H,2-18H2,1H3. The average Bonchev–Trinajstić information content (AvgIpc) is 3.15. The molecule has 0 saturated carbocycles. The summed E-state index contributed by atoms with van der Waals surface area (Å²) in [4.78, 5) is 0. The van der Waals surface area contributed by atoms with Crippen LogP contribution < -0.4 is 5.46 Å². The third kappa shape index (κ3) is 8.95. The molecule has 0 spiro atoms. The summed E-state index contributed by atoms with van der Waals surface area (Å²) >= 11 is 6.34. The first-order valence-electron chi connectivity index (χ1n) is 14.4. The van der Waals surface area contributed by atoms with Gasteiger partial charge in [0.15, 0.2) is 0 Å². The molecule has 0 radical (unpaired) electrons. The van der Waals surface area contributed by atoms with E-state index < -0.39 is 7.12 Å². The number of benzene rings is 2. The Morgan fingerprint density at radius 3 is 1.60 bits per heavy atom. The second kappa shape index (κ2) is 15.7. The van der Waals surface area contributed by atoms with E-state index in [1.165, 1.54) is 125 Å². The highest BCUT2D eigenvalue weighted by Gasteiger charge is 2.29. The Morgan fingerprint density at radius 1 is 0.629 bits per heavy atom. The highest BCUT2D eigenvalue weighted by Crippen LogP contribution is 2.47. The van der Waals surface area contributed by atoms with Gasteiger partial charge in [-0.05, 0) is 46.3 Å². The van der Waals surface area contributed by atoms with Crippen molar-refractivity contribution in [3.8, 4) is 11.1 Å². The molecule has 0 aliphatic heterocycles. The molecule has 2 N–H and O–H groups in total. The molecule has 35 heavy (non-hydrogen) atoms. The first-order chi connectivity index (χ1) is 17.1. The van der Waals surface area contributed by atoms with Crippen LogP contribution in [0.25, 0.3) is 11.1 Å². The van der Waals surface area contributed by atoms with E-state index in [-0.39, 0.29) is 0 Å². The predicted molar refractivity (Wildman–Crippen MR) is 153 cm³/mol. The van der Waals surface area contributed by atoms with Gasteiger partial charge in [0.25, 0.3) is 0 Å². The van der Waals surface area contributed by atoms with Crippen molar-refractivity contribution >= 4 is 24.2 Å². The molecule has 1 aliphatic carbocycles. The van der Waals surface area contributed by atoms with E-state index in [4.69, 9.17) is 11.6 Å². The van der Waals surface area contributed by atoms with Gasteiger partial charge in [-0.25, -0.2) is 0 Å². The Balaban J connectivity index is 1.30. The zero-order valence-electron chi connectivity index (χ0n) is 21.9. The van der Waals surface area contributed by atoms with E-state index in [0.717, 1.165) is 11.4 Å². The van der Waals surface area contributed by atoms with Crippen molar-refractivity contribution in [2.75, 3.05) is 0 Å². The van der Waals surface area contributed by atoms with Gasteiger partial charge in [0.2, 0.25) is 0 Å². The third-order valence-electron chi connectivity index (χ3n) is 7.77. The number of rotatable bonds is 18. The van der Waals surface area contributed by atoms with Crippen LogP contribution in [-0.4, -0.2) is 17.2 Å². The predicted octanol–water partition coefficient (Wildman–Crippen LogP) is 8.78. The summed E-state index contributed by atoms with van der Waals surface area (Å²) in [6, 6.07) is 12.0. The molecule has 1 unspecified atom stereocenters. The number of unbranched alkanes of at least 4 members (excludes halogenated alkanes) is 15. The molecule has 0 heterocycles. The second-order valence-electron chi connectivity index (χ2n) is 10.6. The largest absolute Gasteiger partial charge is 0.488 e. The van der Waals surface area contributed by atoms with Crippen LogP contribution in [0.5, 0.6) is 0 Å². The smallest absolute Gasteiger partial charge is 0.423 e. The minimum atomic E-state index is -1.43. The molecule has 3 rings (SSSR count). The maximum atomic E-state index is 9.66. The maximum Gasteiger partial charge on any atom is 0.488 e. The lowest BCUT2D eigenvalue weighted by Crippen LogP contribution is -2.30. The highest BCUT2D eigenvalue weighted by atomic mass is 35.5. The van der Waals surface area contributed by atoms with Crippen molar-refractivity contribution in [3.63, 3.8) is 0 Å². The molecule has 2 aromatic rings. The van der Waals surface area contributed by atoms with Crippen LogP contribution in [-0.2, 0) is 0 Å². The van der Waals surface area contributed by atoms with Crippen molar-refractivity contribution in [2.45, 2.75) is 122 Å². The Morgan fingerprint density at radius 2 is 1.09 bits per heavy atom. The molecule has 1 aliphatic rings. The van der Waals surface area contributed by atoms with Gasteiger partial charge in [-0.15, -0.1) is 0 Å². The van der Waals surface area contributed by atoms with E-state index >= 15 is 0 Å². The Labute approximate surface area is 219 Å². The fourth-order valence-corrected chi connectivity index (χ4v) is 5.90. The fraction of sp³-hybridized carbons (Fsp3) is 0.613. The first-order valence-corrected chi connectivity index (χ1v) is 14.8. The van der Waals surface area contributed by atoms with E-state index in [1.807, 2.05) is 24.3 Å². The quantitative estimate of drug-likeness (QED) is 0.160. The molecule has 0 aromatic heterocycles. The molecule has 0 fully saturated rings. The average molecular weight is 497 g/mol. The minimum absolute atomic E-state index is 0.295. The van der Waals surface area contributed by atoms with E-state index in [1.54, 1.807) is 0 Å². The summed E-state index contributed by atoms with van der Waals surface area (Å²) in [6.45, 7) is 2.29. The normalized spacial score (nSPS) is 14.2. The number of halogens is 1. The van der Waals surface area contributed by atoms with Crippen LogP contribution in [0.4, 0.5) is 0 Å². The zero-order valence-corrected chi connectivity index (χ0v) is 22.7. The molecular formula is C31H46BClO2. The van der Waals surface area contributed by atoms with Crippen molar-refractivity contribution in [2.24, 2.45) is 0 Å².